The first-order chi connectivity index (χ1) is 8.58. The summed E-state index contributed by atoms with van der Waals surface area (Å²) in [5, 5.41) is 2.65. The van der Waals surface area contributed by atoms with Gasteiger partial charge in [0.1, 0.15) is 11.6 Å². The highest BCUT2D eigenvalue weighted by Gasteiger charge is 2.24. The van der Waals surface area contributed by atoms with E-state index in [9.17, 15) is 13.6 Å². The quantitative estimate of drug-likeness (QED) is 0.864. The van der Waals surface area contributed by atoms with Crippen LogP contribution >= 0.6 is 0 Å². The van der Waals surface area contributed by atoms with Crippen molar-refractivity contribution < 1.29 is 13.6 Å². The van der Waals surface area contributed by atoms with Gasteiger partial charge in [0.05, 0.1) is 5.56 Å². The molecule has 1 aromatic carbocycles. The summed E-state index contributed by atoms with van der Waals surface area (Å²) in [6, 6.07) is 3.02. The van der Waals surface area contributed by atoms with Crippen LogP contribution in [-0.2, 0) is 0 Å². The van der Waals surface area contributed by atoms with Crippen molar-refractivity contribution in [2.24, 2.45) is 11.7 Å². The lowest BCUT2D eigenvalue weighted by Gasteiger charge is -2.16. The standard InChI is InChI=1S/C13H16F2N2O/c14-9-4-5-10(11(15)6-9)13(18)17-7-8-2-1-3-12(8)16/h4-6,8,12H,1-3,7,16H2,(H,17,18). The van der Waals surface area contributed by atoms with Crippen LogP contribution in [0, 0.1) is 17.6 Å². The molecule has 0 bridgehead atoms. The third-order valence-electron chi connectivity index (χ3n) is 3.42. The van der Waals surface area contributed by atoms with Gasteiger partial charge < -0.3 is 11.1 Å². The maximum Gasteiger partial charge on any atom is 0.254 e. The number of carbonyl (C=O) groups excluding carboxylic acids is 1. The molecule has 1 aromatic rings. The molecular formula is C13H16F2N2O. The number of carbonyl (C=O) groups is 1. The number of halogens is 2. The Hall–Kier alpha value is -1.49. The zero-order valence-corrected chi connectivity index (χ0v) is 9.96. The van der Waals surface area contributed by atoms with Gasteiger partial charge in [0.25, 0.3) is 5.91 Å². The molecule has 18 heavy (non-hydrogen) atoms. The highest BCUT2D eigenvalue weighted by Crippen LogP contribution is 2.23. The van der Waals surface area contributed by atoms with E-state index in [1.54, 1.807) is 0 Å². The van der Waals surface area contributed by atoms with Gasteiger partial charge in [-0.2, -0.15) is 0 Å². The van der Waals surface area contributed by atoms with Gasteiger partial charge in [0.15, 0.2) is 0 Å². The summed E-state index contributed by atoms with van der Waals surface area (Å²) in [5.41, 5.74) is 5.74. The van der Waals surface area contributed by atoms with E-state index < -0.39 is 17.5 Å². The number of benzene rings is 1. The molecule has 1 fully saturated rings. The summed E-state index contributed by atoms with van der Waals surface area (Å²) in [7, 11) is 0. The average Bonchev–Trinajstić information content (AvgIpc) is 2.72. The van der Waals surface area contributed by atoms with Gasteiger partial charge in [-0.05, 0) is 30.9 Å². The fourth-order valence-corrected chi connectivity index (χ4v) is 2.31. The molecule has 2 rings (SSSR count). The number of amides is 1. The van der Waals surface area contributed by atoms with Crippen molar-refractivity contribution in [3.63, 3.8) is 0 Å². The van der Waals surface area contributed by atoms with E-state index in [0.717, 1.165) is 31.4 Å². The largest absolute Gasteiger partial charge is 0.352 e. The maximum absolute atomic E-state index is 13.4. The molecule has 1 aliphatic carbocycles. The van der Waals surface area contributed by atoms with Crippen LogP contribution in [0.2, 0.25) is 0 Å². The Morgan fingerprint density at radius 3 is 2.78 bits per heavy atom. The van der Waals surface area contributed by atoms with E-state index in [1.807, 2.05) is 0 Å². The Bertz CT molecular complexity index is 451. The first kappa shape index (κ1) is 13.0. The summed E-state index contributed by atoms with van der Waals surface area (Å²) in [6.45, 7) is 0.441. The van der Waals surface area contributed by atoms with Crippen molar-refractivity contribution in [3.05, 3.63) is 35.4 Å². The molecule has 5 heteroatoms. The number of hydrogen-bond acceptors (Lipinski definition) is 2. The molecule has 3 nitrogen and oxygen atoms in total. The van der Waals surface area contributed by atoms with Crippen LogP contribution in [-0.4, -0.2) is 18.5 Å². The Morgan fingerprint density at radius 2 is 2.17 bits per heavy atom. The van der Waals surface area contributed by atoms with Crippen LogP contribution in [0.3, 0.4) is 0 Å². The van der Waals surface area contributed by atoms with Gasteiger partial charge >= 0.3 is 0 Å². The first-order valence-corrected chi connectivity index (χ1v) is 6.07. The first-order valence-electron chi connectivity index (χ1n) is 6.07. The lowest BCUT2D eigenvalue weighted by Crippen LogP contribution is -2.36. The van der Waals surface area contributed by atoms with Gasteiger partial charge in [0, 0.05) is 18.7 Å². The van der Waals surface area contributed by atoms with Crippen LogP contribution in [0.15, 0.2) is 18.2 Å². The lowest BCUT2D eigenvalue weighted by molar-refractivity contribution is 0.0942. The van der Waals surface area contributed by atoms with E-state index in [0.29, 0.717) is 12.6 Å². The van der Waals surface area contributed by atoms with E-state index in [1.165, 1.54) is 0 Å². The molecule has 1 aliphatic rings. The topological polar surface area (TPSA) is 55.1 Å². The summed E-state index contributed by atoms with van der Waals surface area (Å²) >= 11 is 0. The monoisotopic (exact) mass is 254 g/mol. The van der Waals surface area contributed by atoms with Crippen molar-refractivity contribution in [3.8, 4) is 0 Å². The summed E-state index contributed by atoms with van der Waals surface area (Å²) in [5.74, 6) is -1.81. The Kier molecular flexibility index (Phi) is 3.91. The molecular weight excluding hydrogens is 238 g/mol. The van der Waals surface area contributed by atoms with Crippen LogP contribution < -0.4 is 11.1 Å². The van der Waals surface area contributed by atoms with Gasteiger partial charge in [-0.25, -0.2) is 8.78 Å². The molecule has 0 radical (unpaired) electrons. The summed E-state index contributed by atoms with van der Waals surface area (Å²) in [4.78, 5) is 11.7. The predicted octanol–water partition coefficient (Wildman–Crippen LogP) is 1.82. The molecule has 1 amide bonds. The zero-order valence-electron chi connectivity index (χ0n) is 9.96. The molecule has 3 N–H and O–H groups in total. The molecule has 0 heterocycles. The van der Waals surface area contributed by atoms with Crippen molar-refractivity contribution in [2.75, 3.05) is 6.54 Å². The van der Waals surface area contributed by atoms with E-state index >= 15 is 0 Å². The fraction of sp³-hybridized carbons (Fsp3) is 0.462. The van der Waals surface area contributed by atoms with Crippen molar-refractivity contribution >= 4 is 5.91 Å². The van der Waals surface area contributed by atoms with Crippen molar-refractivity contribution in [2.45, 2.75) is 25.3 Å². The highest BCUT2D eigenvalue weighted by atomic mass is 19.1. The van der Waals surface area contributed by atoms with Gasteiger partial charge in [-0.3, -0.25) is 4.79 Å². The average molecular weight is 254 g/mol. The summed E-state index contributed by atoms with van der Waals surface area (Å²) in [6.07, 6.45) is 3.01. The third-order valence-corrected chi connectivity index (χ3v) is 3.42. The molecule has 0 aromatic heterocycles. The maximum atomic E-state index is 13.4. The number of rotatable bonds is 3. The summed E-state index contributed by atoms with van der Waals surface area (Å²) < 4.78 is 26.1. The smallest absolute Gasteiger partial charge is 0.254 e. The number of nitrogens with two attached hydrogens (primary N) is 1. The van der Waals surface area contributed by atoms with Crippen LogP contribution in [0.1, 0.15) is 29.6 Å². The Balaban J connectivity index is 1.95. The van der Waals surface area contributed by atoms with Gasteiger partial charge in [0.2, 0.25) is 0 Å². The van der Waals surface area contributed by atoms with E-state index in [4.69, 9.17) is 5.73 Å². The third kappa shape index (κ3) is 2.85. The number of hydrogen-bond donors (Lipinski definition) is 2. The predicted molar refractivity (Wildman–Crippen MR) is 64.0 cm³/mol. The SMILES string of the molecule is NC1CCCC1CNC(=O)c1ccc(F)cc1F. The Morgan fingerprint density at radius 1 is 1.39 bits per heavy atom. The van der Waals surface area contributed by atoms with Crippen molar-refractivity contribution in [1.82, 2.24) is 5.32 Å². The number of nitrogens with one attached hydrogen (secondary N) is 1. The molecule has 0 aliphatic heterocycles. The van der Waals surface area contributed by atoms with Gasteiger partial charge in [-0.1, -0.05) is 6.42 Å². The minimum atomic E-state index is -0.844. The zero-order chi connectivity index (χ0) is 13.1. The molecule has 0 saturated heterocycles. The second-order valence-electron chi connectivity index (χ2n) is 4.69. The second-order valence-corrected chi connectivity index (χ2v) is 4.69. The lowest BCUT2D eigenvalue weighted by atomic mass is 10.0. The van der Waals surface area contributed by atoms with Crippen LogP contribution in [0.5, 0.6) is 0 Å². The highest BCUT2D eigenvalue weighted by molar-refractivity contribution is 5.94. The minimum Gasteiger partial charge on any atom is -0.352 e. The molecule has 1 saturated carbocycles. The van der Waals surface area contributed by atoms with E-state index in [2.05, 4.69) is 5.32 Å². The van der Waals surface area contributed by atoms with Crippen LogP contribution in [0.4, 0.5) is 8.78 Å². The molecule has 98 valence electrons. The normalized spacial score (nSPS) is 23.1. The van der Waals surface area contributed by atoms with Crippen LogP contribution in [0.25, 0.3) is 0 Å². The van der Waals surface area contributed by atoms with Crippen molar-refractivity contribution in [1.29, 1.82) is 0 Å². The van der Waals surface area contributed by atoms with Gasteiger partial charge in [-0.15, -0.1) is 0 Å². The second kappa shape index (κ2) is 5.44. The van der Waals surface area contributed by atoms with E-state index in [-0.39, 0.29) is 17.5 Å². The molecule has 2 atom stereocenters. The minimum absolute atomic E-state index is 0.100. The Labute approximate surface area is 104 Å². The molecule has 0 spiro atoms. The molecule has 2 unspecified atom stereocenters. The fourth-order valence-electron chi connectivity index (χ4n) is 2.31.